The Morgan fingerprint density at radius 3 is 2.30 bits per heavy atom. The molecule has 0 fully saturated rings. The van der Waals surface area contributed by atoms with Crippen molar-refractivity contribution in [3.63, 3.8) is 0 Å². The van der Waals surface area contributed by atoms with E-state index < -0.39 is 10.0 Å². The monoisotopic (exact) mass is 311 g/mol. The lowest BCUT2D eigenvalue weighted by Crippen LogP contribution is -2.26. The van der Waals surface area contributed by atoms with E-state index >= 15 is 0 Å². The van der Waals surface area contributed by atoms with Gasteiger partial charge in [-0.05, 0) is 50.2 Å². The minimum atomic E-state index is -3.54. The Hall–Kier alpha value is -1.41. The van der Waals surface area contributed by atoms with Crippen LogP contribution < -0.4 is 16.0 Å². The second-order valence-corrected chi connectivity index (χ2v) is 7.49. The molecule has 1 unspecified atom stereocenters. The van der Waals surface area contributed by atoms with Gasteiger partial charge in [0.2, 0.25) is 10.0 Å². The highest BCUT2D eigenvalue weighted by molar-refractivity contribution is 7.89. The summed E-state index contributed by atoms with van der Waals surface area (Å²) in [6.07, 6.45) is 0. The number of hydrazine groups is 1. The number of hydrogen-bond donors (Lipinski definition) is 3. The summed E-state index contributed by atoms with van der Waals surface area (Å²) >= 11 is 1.58. The molecule has 20 heavy (non-hydrogen) atoms. The topological polar surface area (TPSA) is 84.2 Å². The van der Waals surface area contributed by atoms with E-state index in [9.17, 15) is 8.42 Å². The molecule has 0 bridgehead atoms. The largest absolute Gasteiger partial charge is 0.324 e. The van der Waals surface area contributed by atoms with Crippen LogP contribution in [0.1, 0.15) is 22.7 Å². The zero-order chi connectivity index (χ0) is 14.8. The molecule has 0 saturated heterocycles. The van der Waals surface area contributed by atoms with Crippen LogP contribution in [0.15, 0.2) is 41.3 Å². The number of aryl methyl sites for hydroxylation is 1. The molecule has 0 radical (unpaired) electrons. The van der Waals surface area contributed by atoms with Gasteiger partial charge in [-0.1, -0.05) is 0 Å². The molecule has 0 amide bonds. The van der Waals surface area contributed by atoms with E-state index in [4.69, 9.17) is 5.84 Å². The second-order valence-electron chi connectivity index (χ2n) is 4.46. The Bertz CT molecular complexity index is 678. The van der Waals surface area contributed by atoms with Gasteiger partial charge in [-0.2, -0.15) is 0 Å². The molecule has 108 valence electrons. The number of nitrogens with one attached hydrogen (secondary N) is 2. The van der Waals surface area contributed by atoms with Gasteiger partial charge >= 0.3 is 0 Å². The van der Waals surface area contributed by atoms with E-state index in [1.165, 1.54) is 12.1 Å². The van der Waals surface area contributed by atoms with Crippen molar-refractivity contribution in [1.82, 2.24) is 4.72 Å². The van der Waals surface area contributed by atoms with Crippen LogP contribution in [-0.2, 0) is 10.0 Å². The summed E-state index contributed by atoms with van der Waals surface area (Å²) in [7, 11) is -3.54. The number of nitrogen functional groups attached to an aromatic ring is 1. The lowest BCUT2D eigenvalue weighted by atomic mass is 10.3. The van der Waals surface area contributed by atoms with Gasteiger partial charge in [0.1, 0.15) is 0 Å². The van der Waals surface area contributed by atoms with Crippen molar-refractivity contribution in [1.29, 1.82) is 0 Å². The van der Waals surface area contributed by atoms with Crippen LogP contribution in [0, 0.1) is 6.92 Å². The standard InChI is InChI=1S/C13H17N3O2S2/c1-9-3-8-13(19-9)10(2)16-20(17,18)12-6-4-11(15-14)5-7-12/h3-8,10,15-16H,14H2,1-2H3. The van der Waals surface area contributed by atoms with Crippen LogP contribution in [0.2, 0.25) is 0 Å². The molecular formula is C13H17N3O2S2. The normalized spacial score (nSPS) is 13.2. The number of benzene rings is 1. The van der Waals surface area contributed by atoms with E-state index in [1.54, 1.807) is 23.5 Å². The summed E-state index contributed by atoms with van der Waals surface area (Å²) in [6.45, 7) is 3.83. The molecule has 0 spiro atoms. The Morgan fingerprint density at radius 1 is 1.15 bits per heavy atom. The predicted molar refractivity (Wildman–Crippen MR) is 82.0 cm³/mol. The zero-order valence-corrected chi connectivity index (χ0v) is 12.9. The first-order valence-electron chi connectivity index (χ1n) is 6.08. The average Bonchev–Trinajstić information content (AvgIpc) is 2.85. The molecule has 0 aliphatic heterocycles. The predicted octanol–water partition coefficient (Wildman–Crippen LogP) is 2.38. The summed E-state index contributed by atoms with van der Waals surface area (Å²) < 4.78 is 27.2. The van der Waals surface area contributed by atoms with Gasteiger partial charge in [0.25, 0.3) is 0 Å². The molecule has 1 atom stereocenters. The van der Waals surface area contributed by atoms with E-state index in [2.05, 4.69) is 10.1 Å². The zero-order valence-electron chi connectivity index (χ0n) is 11.3. The van der Waals surface area contributed by atoms with Crippen molar-refractivity contribution in [2.75, 3.05) is 5.43 Å². The molecule has 1 heterocycles. The number of nitrogens with two attached hydrogens (primary N) is 1. The lowest BCUT2D eigenvalue weighted by molar-refractivity contribution is 0.568. The molecule has 0 aliphatic rings. The van der Waals surface area contributed by atoms with Crippen molar-refractivity contribution in [2.24, 2.45) is 5.84 Å². The van der Waals surface area contributed by atoms with Gasteiger partial charge in [-0.25, -0.2) is 13.1 Å². The van der Waals surface area contributed by atoms with Crippen LogP contribution in [0.4, 0.5) is 5.69 Å². The van der Waals surface area contributed by atoms with Crippen molar-refractivity contribution < 1.29 is 8.42 Å². The number of anilines is 1. The van der Waals surface area contributed by atoms with Crippen molar-refractivity contribution in [3.8, 4) is 0 Å². The first-order valence-corrected chi connectivity index (χ1v) is 8.37. The maximum absolute atomic E-state index is 12.3. The van der Waals surface area contributed by atoms with Crippen LogP contribution >= 0.6 is 11.3 Å². The Morgan fingerprint density at radius 2 is 1.80 bits per heavy atom. The van der Waals surface area contributed by atoms with Crippen molar-refractivity contribution in [3.05, 3.63) is 46.2 Å². The fourth-order valence-corrected chi connectivity index (χ4v) is 3.95. The van der Waals surface area contributed by atoms with Gasteiger partial charge in [-0.15, -0.1) is 11.3 Å². The molecule has 0 saturated carbocycles. The molecule has 2 aromatic rings. The van der Waals surface area contributed by atoms with Crippen LogP contribution in [-0.4, -0.2) is 8.42 Å². The van der Waals surface area contributed by atoms with E-state index in [0.29, 0.717) is 5.69 Å². The smallest absolute Gasteiger partial charge is 0.241 e. The summed E-state index contributed by atoms with van der Waals surface area (Å²) in [6, 6.07) is 9.93. The van der Waals surface area contributed by atoms with E-state index in [1.807, 2.05) is 26.0 Å². The molecular weight excluding hydrogens is 294 g/mol. The second kappa shape index (κ2) is 5.92. The highest BCUT2D eigenvalue weighted by Gasteiger charge is 2.19. The fourth-order valence-electron chi connectivity index (χ4n) is 1.78. The third kappa shape index (κ3) is 3.37. The maximum Gasteiger partial charge on any atom is 0.241 e. The fraction of sp³-hybridized carbons (Fsp3) is 0.231. The lowest BCUT2D eigenvalue weighted by Gasteiger charge is -2.13. The van der Waals surface area contributed by atoms with Gasteiger partial charge in [0.15, 0.2) is 0 Å². The summed E-state index contributed by atoms with van der Waals surface area (Å²) in [4.78, 5) is 2.37. The SMILES string of the molecule is Cc1ccc(C(C)NS(=O)(=O)c2ccc(NN)cc2)s1. The Balaban J connectivity index is 2.17. The molecule has 2 rings (SSSR count). The molecule has 1 aromatic heterocycles. The van der Waals surface area contributed by atoms with Crippen molar-refractivity contribution in [2.45, 2.75) is 24.8 Å². The Kier molecular flexibility index (Phi) is 4.44. The molecule has 1 aromatic carbocycles. The van der Waals surface area contributed by atoms with Gasteiger partial charge < -0.3 is 5.43 Å². The summed E-state index contributed by atoms with van der Waals surface area (Å²) in [5.74, 6) is 5.25. The average molecular weight is 311 g/mol. The van der Waals surface area contributed by atoms with E-state index in [0.717, 1.165) is 9.75 Å². The minimum absolute atomic E-state index is 0.219. The summed E-state index contributed by atoms with van der Waals surface area (Å²) in [5, 5.41) is 0. The van der Waals surface area contributed by atoms with Crippen LogP contribution in [0.25, 0.3) is 0 Å². The van der Waals surface area contributed by atoms with Gasteiger partial charge in [0, 0.05) is 15.4 Å². The summed E-state index contributed by atoms with van der Waals surface area (Å²) in [5.41, 5.74) is 3.12. The first kappa shape index (κ1) is 15.0. The van der Waals surface area contributed by atoms with E-state index in [-0.39, 0.29) is 10.9 Å². The highest BCUT2D eigenvalue weighted by atomic mass is 32.2. The molecule has 5 nitrogen and oxygen atoms in total. The highest BCUT2D eigenvalue weighted by Crippen LogP contribution is 2.24. The number of sulfonamides is 1. The quantitative estimate of drug-likeness (QED) is 0.585. The number of hydrogen-bond acceptors (Lipinski definition) is 5. The molecule has 7 heteroatoms. The van der Waals surface area contributed by atoms with Crippen molar-refractivity contribution >= 4 is 27.0 Å². The first-order chi connectivity index (χ1) is 9.42. The minimum Gasteiger partial charge on any atom is -0.324 e. The van der Waals surface area contributed by atoms with Gasteiger partial charge in [-0.3, -0.25) is 5.84 Å². The number of rotatable bonds is 5. The van der Waals surface area contributed by atoms with Crippen LogP contribution in [0.5, 0.6) is 0 Å². The Labute approximate surface area is 122 Å². The maximum atomic E-state index is 12.3. The van der Waals surface area contributed by atoms with Crippen LogP contribution in [0.3, 0.4) is 0 Å². The third-order valence-corrected chi connectivity index (χ3v) is 5.59. The van der Waals surface area contributed by atoms with Gasteiger partial charge in [0.05, 0.1) is 10.9 Å². The number of thiophene rings is 1. The molecule has 0 aliphatic carbocycles. The molecule has 4 N–H and O–H groups in total. The third-order valence-electron chi connectivity index (χ3n) is 2.85.